The first-order valence-corrected chi connectivity index (χ1v) is 6.47. The van der Waals surface area contributed by atoms with Crippen LogP contribution in [0.2, 0.25) is 0 Å². The molecule has 19 heavy (non-hydrogen) atoms. The number of rotatable bonds is 1. The van der Waals surface area contributed by atoms with Gasteiger partial charge < -0.3 is 15.0 Å². The monoisotopic (exact) mass is 282 g/mol. The predicted molar refractivity (Wildman–Crippen MR) is 75.6 cm³/mol. The number of nitrogens with one attached hydrogen (secondary N) is 1. The lowest BCUT2D eigenvalue weighted by molar-refractivity contribution is 0.0655. The summed E-state index contributed by atoms with van der Waals surface area (Å²) >= 11 is 0. The fraction of sp³-hybridized carbons (Fsp3) is 0.500. The van der Waals surface area contributed by atoms with Gasteiger partial charge in [0.1, 0.15) is 0 Å². The van der Waals surface area contributed by atoms with E-state index in [-0.39, 0.29) is 24.4 Å². The van der Waals surface area contributed by atoms with Gasteiger partial charge in [-0.25, -0.2) is 0 Å². The van der Waals surface area contributed by atoms with Crippen LogP contribution in [-0.4, -0.2) is 36.5 Å². The molecule has 1 fully saturated rings. The predicted octanol–water partition coefficient (Wildman–Crippen LogP) is 1.57. The second-order valence-electron chi connectivity index (χ2n) is 5.03. The zero-order chi connectivity index (χ0) is 12.5. The molecule has 1 N–H and O–H groups in total. The van der Waals surface area contributed by atoms with Gasteiger partial charge in [-0.15, -0.1) is 12.4 Å². The van der Waals surface area contributed by atoms with Crippen molar-refractivity contribution in [3.63, 3.8) is 0 Å². The van der Waals surface area contributed by atoms with Gasteiger partial charge in [-0.3, -0.25) is 4.79 Å². The third-order valence-corrected chi connectivity index (χ3v) is 3.73. The van der Waals surface area contributed by atoms with Crippen molar-refractivity contribution in [1.82, 2.24) is 10.2 Å². The minimum atomic E-state index is 0. The molecule has 1 amide bonds. The Hall–Kier alpha value is -1.10. The number of amides is 1. The Balaban J connectivity index is 0.00000133. The van der Waals surface area contributed by atoms with Crippen LogP contribution in [0.15, 0.2) is 18.2 Å². The van der Waals surface area contributed by atoms with E-state index < -0.39 is 0 Å². The van der Waals surface area contributed by atoms with Crippen molar-refractivity contribution in [2.75, 3.05) is 19.6 Å². The minimum absolute atomic E-state index is 0. The first kappa shape index (κ1) is 14.3. The highest BCUT2D eigenvalue weighted by Crippen LogP contribution is 2.22. The van der Waals surface area contributed by atoms with Gasteiger partial charge in [-0.2, -0.15) is 0 Å². The van der Waals surface area contributed by atoms with Crippen LogP contribution in [0.5, 0.6) is 0 Å². The molecule has 0 spiro atoms. The lowest BCUT2D eigenvalue weighted by Gasteiger charge is -2.34. The van der Waals surface area contributed by atoms with Gasteiger partial charge in [0.25, 0.3) is 5.91 Å². The van der Waals surface area contributed by atoms with Crippen LogP contribution in [0.3, 0.4) is 0 Å². The smallest absolute Gasteiger partial charge is 0.254 e. The fourth-order valence-electron chi connectivity index (χ4n) is 2.61. The molecule has 0 unspecified atom stereocenters. The summed E-state index contributed by atoms with van der Waals surface area (Å²) in [6.45, 7) is 5.93. The number of hydrogen-bond acceptors (Lipinski definition) is 3. The lowest BCUT2D eigenvalue weighted by atomic mass is 10.0. The van der Waals surface area contributed by atoms with Crippen molar-refractivity contribution in [2.24, 2.45) is 0 Å². The number of nitrogens with zero attached hydrogens (tertiary/aromatic N) is 1. The lowest BCUT2D eigenvalue weighted by Crippen LogP contribution is -2.52. The first-order chi connectivity index (χ1) is 8.75. The highest BCUT2D eigenvalue weighted by molar-refractivity contribution is 5.94. The van der Waals surface area contributed by atoms with Crippen LogP contribution in [0.4, 0.5) is 0 Å². The molecule has 2 aliphatic rings. The summed E-state index contributed by atoms with van der Waals surface area (Å²) < 4.78 is 5.38. The molecule has 0 radical (unpaired) electrons. The molecule has 104 valence electrons. The van der Waals surface area contributed by atoms with E-state index in [1.807, 2.05) is 23.1 Å². The van der Waals surface area contributed by atoms with Crippen LogP contribution in [-0.2, 0) is 18.0 Å². The highest BCUT2D eigenvalue weighted by atomic mass is 35.5. The van der Waals surface area contributed by atoms with Gasteiger partial charge in [-0.1, -0.05) is 6.07 Å². The molecule has 2 aliphatic heterocycles. The number of hydrogen-bond donors (Lipinski definition) is 1. The van der Waals surface area contributed by atoms with Gasteiger partial charge in [-0.05, 0) is 30.2 Å². The summed E-state index contributed by atoms with van der Waals surface area (Å²) in [5, 5.41) is 3.30. The van der Waals surface area contributed by atoms with Crippen molar-refractivity contribution in [1.29, 1.82) is 0 Å². The Morgan fingerprint density at radius 3 is 2.95 bits per heavy atom. The molecule has 3 rings (SSSR count). The van der Waals surface area contributed by atoms with Crippen LogP contribution < -0.4 is 5.32 Å². The van der Waals surface area contributed by atoms with E-state index in [0.717, 1.165) is 30.8 Å². The molecule has 4 nitrogen and oxygen atoms in total. The maximum atomic E-state index is 12.5. The fourth-order valence-corrected chi connectivity index (χ4v) is 2.61. The number of fused-ring (bicyclic) bond motifs is 1. The van der Waals surface area contributed by atoms with E-state index in [2.05, 4.69) is 12.2 Å². The van der Waals surface area contributed by atoms with E-state index in [1.165, 1.54) is 5.56 Å². The normalized spacial score (nSPS) is 21.7. The molecule has 2 heterocycles. The number of carbonyl (C=O) groups excluding carboxylic acids is 1. The molecule has 0 saturated carbocycles. The van der Waals surface area contributed by atoms with Crippen LogP contribution in [0.25, 0.3) is 0 Å². The average Bonchev–Trinajstić information content (AvgIpc) is 2.85. The topological polar surface area (TPSA) is 41.6 Å². The summed E-state index contributed by atoms with van der Waals surface area (Å²) in [6.07, 6.45) is 0. The first-order valence-electron chi connectivity index (χ1n) is 6.47. The third kappa shape index (κ3) is 2.76. The third-order valence-electron chi connectivity index (χ3n) is 3.73. The SMILES string of the molecule is C[C@@H]1CNCCN1C(=O)c1ccc2c(c1)COC2.Cl. The molecule has 0 bridgehead atoms. The van der Waals surface area contributed by atoms with Gasteiger partial charge in [0.2, 0.25) is 0 Å². The maximum absolute atomic E-state index is 12.5. The maximum Gasteiger partial charge on any atom is 0.254 e. The number of piperazine rings is 1. The molecule has 0 aliphatic carbocycles. The van der Waals surface area contributed by atoms with Crippen molar-refractivity contribution in [2.45, 2.75) is 26.2 Å². The summed E-state index contributed by atoms with van der Waals surface area (Å²) in [5.74, 6) is 0.138. The summed E-state index contributed by atoms with van der Waals surface area (Å²) in [6, 6.07) is 6.18. The zero-order valence-corrected chi connectivity index (χ0v) is 11.8. The Morgan fingerprint density at radius 1 is 1.37 bits per heavy atom. The van der Waals surface area contributed by atoms with E-state index in [0.29, 0.717) is 13.2 Å². The second-order valence-corrected chi connectivity index (χ2v) is 5.03. The highest BCUT2D eigenvalue weighted by Gasteiger charge is 2.24. The number of halogens is 1. The largest absolute Gasteiger partial charge is 0.372 e. The molecule has 1 saturated heterocycles. The van der Waals surface area contributed by atoms with Crippen molar-refractivity contribution in [3.05, 3.63) is 34.9 Å². The Labute approximate surface area is 119 Å². The molecule has 1 aromatic carbocycles. The standard InChI is InChI=1S/C14H18N2O2.ClH/c1-10-7-15-4-5-16(10)14(17)11-2-3-12-8-18-9-13(12)6-11;/h2-3,6,10,15H,4-5,7-9H2,1H3;1H/t10-;/m1./s1. The molecule has 1 aromatic rings. The number of carbonyl (C=O) groups is 1. The Kier molecular flexibility index (Phi) is 4.45. The van der Waals surface area contributed by atoms with E-state index in [9.17, 15) is 4.79 Å². The van der Waals surface area contributed by atoms with Gasteiger partial charge >= 0.3 is 0 Å². The second kappa shape index (κ2) is 5.90. The Bertz CT molecular complexity index is 479. The van der Waals surface area contributed by atoms with Gasteiger partial charge in [0, 0.05) is 31.2 Å². The number of benzene rings is 1. The van der Waals surface area contributed by atoms with E-state index in [4.69, 9.17) is 4.74 Å². The molecular formula is C14H19ClN2O2. The summed E-state index contributed by atoms with van der Waals surface area (Å²) in [4.78, 5) is 14.4. The Morgan fingerprint density at radius 2 is 2.16 bits per heavy atom. The van der Waals surface area contributed by atoms with E-state index >= 15 is 0 Å². The number of ether oxygens (including phenoxy) is 1. The molecular weight excluding hydrogens is 264 g/mol. The van der Waals surface area contributed by atoms with Crippen LogP contribution in [0.1, 0.15) is 28.4 Å². The van der Waals surface area contributed by atoms with Crippen molar-refractivity contribution >= 4 is 18.3 Å². The van der Waals surface area contributed by atoms with Crippen LogP contribution in [0, 0.1) is 0 Å². The van der Waals surface area contributed by atoms with Gasteiger partial charge in [0.05, 0.1) is 13.2 Å². The molecule has 1 atom stereocenters. The minimum Gasteiger partial charge on any atom is -0.372 e. The quantitative estimate of drug-likeness (QED) is 0.850. The summed E-state index contributed by atoms with van der Waals surface area (Å²) in [5.41, 5.74) is 3.15. The molecule has 5 heteroatoms. The molecule has 0 aromatic heterocycles. The van der Waals surface area contributed by atoms with E-state index in [1.54, 1.807) is 0 Å². The zero-order valence-electron chi connectivity index (χ0n) is 11.0. The van der Waals surface area contributed by atoms with Crippen molar-refractivity contribution < 1.29 is 9.53 Å². The van der Waals surface area contributed by atoms with Crippen LogP contribution >= 0.6 is 12.4 Å². The van der Waals surface area contributed by atoms with Crippen molar-refractivity contribution in [3.8, 4) is 0 Å². The average molecular weight is 283 g/mol. The van der Waals surface area contributed by atoms with Gasteiger partial charge in [0.15, 0.2) is 0 Å². The summed E-state index contributed by atoms with van der Waals surface area (Å²) in [7, 11) is 0.